The third-order valence-corrected chi connectivity index (χ3v) is 3.82. The van der Waals surface area contributed by atoms with Gasteiger partial charge in [-0.2, -0.15) is 0 Å². The van der Waals surface area contributed by atoms with E-state index >= 15 is 0 Å². The Bertz CT molecular complexity index is 724. The van der Waals surface area contributed by atoms with Gasteiger partial charge in [-0.15, -0.1) is 0 Å². The Balaban J connectivity index is 1.86. The van der Waals surface area contributed by atoms with E-state index in [0.717, 1.165) is 22.4 Å². The van der Waals surface area contributed by atoms with E-state index in [4.69, 9.17) is 9.15 Å². The van der Waals surface area contributed by atoms with Gasteiger partial charge >= 0.3 is 5.63 Å². The van der Waals surface area contributed by atoms with Crippen LogP contribution in [0.4, 0.5) is 5.88 Å². The van der Waals surface area contributed by atoms with E-state index < -0.39 is 0 Å². The standard InChI is InChI=1S/C16H18N2O3/c1-10-7-14(19)21-16-15(10)11(2)18(17-16)9-12-5-4-6-13(8-12)20-3/h4-8,11,17H,9H2,1-3H3. The van der Waals surface area contributed by atoms with Crippen molar-refractivity contribution < 1.29 is 9.15 Å². The largest absolute Gasteiger partial charge is 0.497 e. The van der Waals surface area contributed by atoms with Crippen LogP contribution < -0.4 is 15.8 Å². The van der Waals surface area contributed by atoms with Crippen LogP contribution in [0.15, 0.2) is 39.5 Å². The number of benzene rings is 1. The zero-order valence-electron chi connectivity index (χ0n) is 12.3. The Morgan fingerprint density at radius 3 is 2.95 bits per heavy atom. The minimum atomic E-state index is -0.325. The second-order valence-electron chi connectivity index (χ2n) is 5.26. The molecule has 3 rings (SSSR count). The first-order valence-corrected chi connectivity index (χ1v) is 6.89. The molecular formula is C16H18N2O3. The van der Waals surface area contributed by atoms with E-state index in [1.165, 1.54) is 6.07 Å². The second kappa shape index (κ2) is 5.26. The average Bonchev–Trinajstić information content (AvgIpc) is 2.75. The Hall–Kier alpha value is -2.27. The molecule has 1 aliphatic heterocycles. The molecule has 1 atom stereocenters. The molecule has 1 aromatic heterocycles. The highest BCUT2D eigenvalue weighted by Gasteiger charge is 2.30. The van der Waals surface area contributed by atoms with Gasteiger partial charge in [0.1, 0.15) is 5.75 Å². The molecule has 0 saturated heterocycles. The molecule has 21 heavy (non-hydrogen) atoms. The van der Waals surface area contributed by atoms with E-state index in [1.807, 2.05) is 31.2 Å². The van der Waals surface area contributed by atoms with Gasteiger partial charge in [0.05, 0.1) is 13.2 Å². The third-order valence-electron chi connectivity index (χ3n) is 3.82. The van der Waals surface area contributed by atoms with E-state index in [0.29, 0.717) is 12.4 Å². The highest BCUT2D eigenvalue weighted by Crippen LogP contribution is 2.36. The fourth-order valence-electron chi connectivity index (χ4n) is 2.75. The summed E-state index contributed by atoms with van der Waals surface area (Å²) in [4.78, 5) is 11.5. The lowest BCUT2D eigenvalue weighted by molar-refractivity contribution is 0.267. The summed E-state index contributed by atoms with van der Waals surface area (Å²) in [7, 11) is 1.66. The van der Waals surface area contributed by atoms with Crippen LogP contribution in [0.1, 0.15) is 29.7 Å². The molecule has 0 amide bonds. The van der Waals surface area contributed by atoms with Gasteiger partial charge in [0.25, 0.3) is 0 Å². The van der Waals surface area contributed by atoms with Crippen molar-refractivity contribution in [3.63, 3.8) is 0 Å². The number of hydrazine groups is 1. The van der Waals surface area contributed by atoms with Crippen molar-refractivity contribution in [2.45, 2.75) is 26.4 Å². The number of fused-ring (bicyclic) bond motifs is 1. The van der Waals surface area contributed by atoms with Crippen molar-refractivity contribution >= 4 is 5.88 Å². The summed E-state index contributed by atoms with van der Waals surface area (Å²) >= 11 is 0. The lowest BCUT2D eigenvalue weighted by atomic mass is 10.1. The number of ether oxygens (including phenoxy) is 1. The number of rotatable bonds is 3. The molecule has 1 aliphatic rings. The van der Waals surface area contributed by atoms with Gasteiger partial charge < -0.3 is 9.15 Å². The van der Waals surface area contributed by atoms with Gasteiger partial charge in [-0.05, 0) is 37.1 Å². The molecule has 110 valence electrons. The monoisotopic (exact) mass is 286 g/mol. The summed E-state index contributed by atoms with van der Waals surface area (Å²) in [6.07, 6.45) is 0. The molecule has 1 unspecified atom stereocenters. The zero-order chi connectivity index (χ0) is 15.0. The summed E-state index contributed by atoms with van der Waals surface area (Å²) < 4.78 is 10.5. The van der Waals surface area contributed by atoms with Crippen molar-refractivity contribution in [3.8, 4) is 5.75 Å². The lowest BCUT2D eigenvalue weighted by Crippen LogP contribution is -2.26. The van der Waals surface area contributed by atoms with Gasteiger partial charge in [0.2, 0.25) is 5.88 Å². The quantitative estimate of drug-likeness (QED) is 0.940. The minimum Gasteiger partial charge on any atom is -0.497 e. The van der Waals surface area contributed by atoms with Crippen molar-refractivity contribution in [3.05, 3.63) is 57.4 Å². The number of anilines is 1. The predicted octanol–water partition coefficient (Wildman–Crippen LogP) is 2.86. The molecule has 1 N–H and O–H groups in total. The zero-order valence-corrected chi connectivity index (χ0v) is 12.3. The van der Waals surface area contributed by atoms with Crippen LogP contribution in [0.2, 0.25) is 0 Å². The Labute approximate surface area is 123 Å². The molecule has 1 aromatic carbocycles. The number of aryl methyl sites for hydroxylation is 1. The first-order chi connectivity index (χ1) is 10.1. The molecule has 2 heterocycles. The summed E-state index contributed by atoms with van der Waals surface area (Å²) in [5.74, 6) is 1.38. The summed E-state index contributed by atoms with van der Waals surface area (Å²) in [5, 5.41) is 2.05. The van der Waals surface area contributed by atoms with E-state index in [9.17, 15) is 4.79 Å². The Kier molecular flexibility index (Phi) is 3.43. The van der Waals surface area contributed by atoms with Crippen molar-refractivity contribution in [2.24, 2.45) is 0 Å². The highest BCUT2D eigenvalue weighted by atomic mass is 16.5. The van der Waals surface area contributed by atoms with Gasteiger partial charge in [-0.3, -0.25) is 5.43 Å². The summed E-state index contributed by atoms with van der Waals surface area (Å²) in [6.45, 7) is 4.71. The van der Waals surface area contributed by atoms with E-state index in [2.05, 4.69) is 17.4 Å². The SMILES string of the molecule is COc1cccc(CN2Nc3oc(=O)cc(C)c3C2C)c1. The maximum atomic E-state index is 11.5. The predicted molar refractivity (Wildman–Crippen MR) is 80.3 cm³/mol. The maximum absolute atomic E-state index is 11.5. The van der Waals surface area contributed by atoms with Gasteiger partial charge in [0, 0.05) is 18.2 Å². The van der Waals surface area contributed by atoms with Crippen LogP contribution in [0, 0.1) is 6.92 Å². The number of hydrogen-bond donors (Lipinski definition) is 1. The molecule has 0 radical (unpaired) electrons. The van der Waals surface area contributed by atoms with E-state index in [-0.39, 0.29) is 11.7 Å². The molecular weight excluding hydrogens is 268 g/mol. The molecule has 5 nitrogen and oxygen atoms in total. The van der Waals surface area contributed by atoms with E-state index in [1.54, 1.807) is 7.11 Å². The van der Waals surface area contributed by atoms with Crippen LogP contribution in [-0.2, 0) is 6.54 Å². The summed E-state index contributed by atoms with van der Waals surface area (Å²) in [6, 6.07) is 9.60. The molecule has 0 bridgehead atoms. The first-order valence-electron chi connectivity index (χ1n) is 6.89. The molecule has 0 saturated carbocycles. The van der Waals surface area contributed by atoms with Gasteiger partial charge in [-0.25, -0.2) is 9.80 Å². The topological polar surface area (TPSA) is 54.7 Å². The first kappa shape index (κ1) is 13.7. The number of methoxy groups -OCH3 is 1. The average molecular weight is 286 g/mol. The molecule has 5 heteroatoms. The van der Waals surface area contributed by atoms with Crippen LogP contribution in [-0.4, -0.2) is 12.1 Å². The van der Waals surface area contributed by atoms with Crippen molar-refractivity contribution in [1.82, 2.24) is 5.01 Å². The van der Waals surface area contributed by atoms with Crippen LogP contribution >= 0.6 is 0 Å². The molecule has 2 aromatic rings. The molecule has 0 aliphatic carbocycles. The second-order valence-corrected chi connectivity index (χ2v) is 5.26. The maximum Gasteiger partial charge on any atom is 0.337 e. The third kappa shape index (κ3) is 2.52. The van der Waals surface area contributed by atoms with Gasteiger partial charge in [0.15, 0.2) is 0 Å². The fraction of sp³-hybridized carbons (Fsp3) is 0.312. The highest BCUT2D eigenvalue weighted by molar-refractivity contribution is 5.50. The van der Waals surface area contributed by atoms with Crippen LogP contribution in [0.3, 0.4) is 0 Å². The Morgan fingerprint density at radius 2 is 2.19 bits per heavy atom. The van der Waals surface area contributed by atoms with Crippen LogP contribution in [0.5, 0.6) is 5.75 Å². The smallest absolute Gasteiger partial charge is 0.337 e. The number of nitrogens with zero attached hydrogens (tertiary/aromatic N) is 1. The Morgan fingerprint density at radius 1 is 1.38 bits per heavy atom. The van der Waals surface area contributed by atoms with Crippen LogP contribution in [0.25, 0.3) is 0 Å². The van der Waals surface area contributed by atoms with Crippen molar-refractivity contribution in [2.75, 3.05) is 12.5 Å². The number of nitrogens with one attached hydrogen (secondary N) is 1. The lowest BCUT2D eigenvalue weighted by Gasteiger charge is -2.21. The fourth-order valence-corrected chi connectivity index (χ4v) is 2.75. The van der Waals surface area contributed by atoms with Crippen molar-refractivity contribution in [1.29, 1.82) is 0 Å². The summed E-state index contributed by atoms with van der Waals surface area (Å²) in [5.41, 5.74) is 5.97. The molecule has 0 fully saturated rings. The number of hydrogen-bond acceptors (Lipinski definition) is 5. The molecule has 0 spiro atoms. The van der Waals surface area contributed by atoms with Gasteiger partial charge in [-0.1, -0.05) is 12.1 Å². The normalized spacial score (nSPS) is 17.4. The minimum absolute atomic E-state index is 0.135.